The highest BCUT2D eigenvalue weighted by atomic mass is 79.9. The third kappa shape index (κ3) is 4.25. The number of carbonyl (C=O) groups excluding carboxylic acids is 4. The number of phenols is 1. The number of hydrogen-bond donors (Lipinski definition) is 1. The van der Waals surface area contributed by atoms with Crippen LogP contribution in [0, 0.1) is 23.7 Å². The second-order valence-electron chi connectivity index (χ2n) is 11.2. The van der Waals surface area contributed by atoms with Crippen LogP contribution in [0.25, 0.3) is 6.08 Å². The fourth-order valence-electron chi connectivity index (χ4n) is 7.06. The molecule has 6 unspecified atom stereocenters. The Morgan fingerprint density at radius 2 is 1.64 bits per heavy atom. The molecule has 2 heterocycles. The van der Waals surface area contributed by atoms with Crippen molar-refractivity contribution in [3.8, 4) is 17.2 Å². The summed E-state index contributed by atoms with van der Waals surface area (Å²) in [5.74, 6) is -5.04. The molecule has 44 heavy (non-hydrogen) atoms. The highest BCUT2D eigenvalue weighted by Crippen LogP contribution is 2.63. The van der Waals surface area contributed by atoms with Gasteiger partial charge in [-0.05, 0) is 60.7 Å². The monoisotopic (exact) mass is 722 g/mol. The third-order valence-electron chi connectivity index (χ3n) is 9.14. The zero-order valence-electron chi connectivity index (χ0n) is 23.4. The van der Waals surface area contributed by atoms with Crippen molar-refractivity contribution in [2.24, 2.45) is 23.7 Å². The van der Waals surface area contributed by atoms with Crippen molar-refractivity contribution in [2.45, 2.75) is 22.6 Å². The zero-order chi connectivity index (χ0) is 31.7. The average molecular weight is 725 g/mol. The lowest BCUT2D eigenvalue weighted by Gasteiger charge is -2.49. The number of allylic oxidation sites excluding steroid dienone is 3. The van der Waals surface area contributed by atoms with E-state index >= 15 is 0 Å². The molecule has 2 saturated heterocycles. The Balaban J connectivity index is 1.47. The molecule has 3 fully saturated rings. The highest BCUT2D eigenvalue weighted by molar-refractivity contribution is 9.09. The number of likely N-dealkylation sites (tertiary alicyclic amines) is 1. The molecule has 230 valence electrons. The maximum absolute atomic E-state index is 14.0. The normalized spacial score (nSPS) is 31.3. The summed E-state index contributed by atoms with van der Waals surface area (Å²) in [5, 5.41) is 10.8. The number of aromatic hydroxyl groups is 1. The number of alkyl halides is 3. The van der Waals surface area contributed by atoms with Crippen LogP contribution in [0.2, 0.25) is 5.02 Å². The van der Waals surface area contributed by atoms with Crippen LogP contribution < -0.4 is 14.4 Å². The molecule has 0 bridgehead atoms. The lowest BCUT2D eigenvalue weighted by Crippen LogP contribution is -2.60. The van der Waals surface area contributed by atoms with E-state index in [-0.39, 0.29) is 41.5 Å². The van der Waals surface area contributed by atoms with Crippen molar-refractivity contribution in [3.05, 3.63) is 64.7 Å². The van der Waals surface area contributed by atoms with E-state index in [2.05, 4.69) is 15.9 Å². The third-order valence-corrected chi connectivity index (χ3v) is 11.3. The first-order chi connectivity index (χ1) is 20.9. The van der Waals surface area contributed by atoms with Gasteiger partial charge in [-0.2, -0.15) is 0 Å². The summed E-state index contributed by atoms with van der Waals surface area (Å²) in [4.78, 5) is 53.6. The van der Waals surface area contributed by atoms with Crippen LogP contribution in [0.3, 0.4) is 0 Å². The Morgan fingerprint density at radius 3 is 2.23 bits per heavy atom. The molecule has 1 saturated carbocycles. The van der Waals surface area contributed by atoms with Crippen LogP contribution in [0.5, 0.6) is 17.2 Å². The number of halogens is 4. The summed E-state index contributed by atoms with van der Waals surface area (Å²) >= 11 is 23.7. The van der Waals surface area contributed by atoms with Gasteiger partial charge in [-0.25, -0.2) is 0 Å². The van der Waals surface area contributed by atoms with Gasteiger partial charge in [-0.1, -0.05) is 51.3 Å². The number of methoxy groups -OCH3 is 2. The summed E-state index contributed by atoms with van der Waals surface area (Å²) in [6, 6.07) is 9.57. The van der Waals surface area contributed by atoms with Crippen molar-refractivity contribution in [1.29, 1.82) is 0 Å². The molecule has 6 atom stereocenters. The number of ether oxygens (including phenoxy) is 2. The number of rotatable bonds is 6. The highest BCUT2D eigenvalue weighted by Gasteiger charge is 2.75. The number of hydrogen-bond acceptors (Lipinski definition) is 7. The Hall–Kier alpha value is -3.05. The van der Waals surface area contributed by atoms with Gasteiger partial charge in [-0.3, -0.25) is 29.0 Å². The second kappa shape index (κ2) is 11.1. The van der Waals surface area contributed by atoms with E-state index in [0.29, 0.717) is 21.8 Å². The number of fused-ring (bicyclic) bond motifs is 4. The molecule has 0 aromatic heterocycles. The maximum atomic E-state index is 14.0. The smallest absolute Gasteiger partial charge is 0.254 e. The van der Waals surface area contributed by atoms with Crippen molar-refractivity contribution in [2.75, 3.05) is 24.6 Å². The van der Waals surface area contributed by atoms with Crippen molar-refractivity contribution >= 4 is 86.1 Å². The van der Waals surface area contributed by atoms with Crippen LogP contribution in [0.1, 0.15) is 18.4 Å². The number of nitrogens with zero attached hydrogens (tertiary/aromatic N) is 2. The van der Waals surface area contributed by atoms with Gasteiger partial charge in [0.25, 0.3) is 11.8 Å². The summed E-state index contributed by atoms with van der Waals surface area (Å²) in [5.41, 5.74) is 1.48. The molecule has 0 radical (unpaired) electrons. The summed E-state index contributed by atoms with van der Waals surface area (Å²) in [6.07, 6.45) is 5.32. The first-order valence-corrected chi connectivity index (χ1v) is 15.9. The van der Waals surface area contributed by atoms with Gasteiger partial charge in [0, 0.05) is 10.9 Å². The summed E-state index contributed by atoms with van der Waals surface area (Å²) < 4.78 is 10.6. The molecule has 1 N–H and O–H groups in total. The van der Waals surface area contributed by atoms with E-state index in [1.165, 1.54) is 14.2 Å². The molecular formula is C31H26BrCl3N2O7. The van der Waals surface area contributed by atoms with Gasteiger partial charge in [-0.15, -0.1) is 23.2 Å². The topological polar surface area (TPSA) is 113 Å². The van der Waals surface area contributed by atoms with Crippen LogP contribution in [-0.2, 0) is 19.2 Å². The van der Waals surface area contributed by atoms with E-state index in [9.17, 15) is 24.3 Å². The predicted octanol–water partition coefficient (Wildman–Crippen LogP) is 5.52. The largest absolute Gasteiger partial charge is 0.502 e. The molecule has 4 aliphatic rings. The molecule has 2 aliphatic carbocycles. The van der Waals surface area contributed by atoms with Crippen molar-refractivity contribution in [1.82, 2.24) is 4.90 Å². The molecule has 4 amide bonds. The van der Waals surface area contributed by atoms with Gasteiger partial charge in [0.1, 0.15) is 0 Å². The van der Waals surface area contributed by atoms with E-state index in [4.69, 9.17) is 44.3 Å². The fourth-order valence-corrected chi connectivity index (χ4v) is 8.57. The first kappa shape index (κ1) is 31.0. The molecular weight excluding hydrogens is 699 g/mol. The Kier molecular flexibility index (Phi) is 7.80. The SMILES string of the molecule is COc1cc(C=CC2C3=CCC4C(=O)N(c5ccc(Cl)cc5)C(=O)C4C3CC3(Cl)C(=O)N(CBr)C(=O)C23Cl)cc(OC)c1O. The quantitative estimate of drug-likeness (QED) is 0.181. The lowest BCUT2D eigenvalue weighted by molar-refractivity contribution is -0.138. The molecule has 6 rings (SSSR count). The fraction of sp³-hybridized carbons (Fsp3) is 0.355. The summed E-state index contributed by atoms with van der Waals surface area (Å²) in [6.45, 7) is 0. The van der Waals surface area contributed by atoms with Crippen molar-refractivity contribution < 1.29 is 33.8 Å². The minimum atomic E-state index is -1.92. The van der Waals surface area contributed by atoms with Crippen LogP contribution in [0.4, 0.5) is 5.69 Å². The molecule has 2 aliphatic heterocycles. The number of phenolic OH excluding ortho intramolecular Hbond substituents is 1. The van der Waals surface area contributed by atoms with E-state index in [0.717, 1.165) is 9.80 Å². The summed E-state index contributed by atoms with van der Waals surface area (Å²) in [7, 11) is 2.80. The molecule has 0 spiro atoms. The van der Waals surface area contributed by atoms with Crippen molar-refractivity contribution in [3.63, 3.8) is 0 Å². The Bertz CT molecular complexity index is 1640. The maximum Gasteiger partial charge on any atom is 0.254 e. The first-order valence-electron chi connectivity index (χ1n) is 13.7. The Labute approximate surface area is 276 Å². The number of amides is 4. The molecule has 2 aromatic rings. The number of carbonyl (C=O) groups is 4. The molecule has 9 nitrogen and oxygen atoms in total. The number of anilines is 1. The molecule has 2 aromatic carbocycles. The van der Waals surface area contributed by atoms with Gasteiger partial charge in [0.15, 0.2) is 21.2 Å². The second-order valence-corrected chi connectivity index (χ2v) is 13.3. The number of benzene rings is 2. The van der Waals surface area contributed by atoms with E-state index < -0.39 is 51.1 Å². The van der Waals surface area contributed by atoms with E-state index in [1.807, 2.05) is 6.08 Å². The van der Waals surface area contributed by atoms with Gasteiger partial charge in [0.05, 0.1) is 37.2 Å². The van der Waals surface area contributed by atoms with Gasteiger partial charge in [0.2, 0.25) is 17.6 Å². The van der Waals surface area contributed by atoms with Crippen LogP contribution >= 0.6 is 50.7 Å². The molecule has 13 heteroatoms. The van der Waals surface area contributed by atoms with Crippen LogP contribution in [0.15, 0.2) is 54.1 Å². The van der Waals surface area contributed by atoms with E-state index in [1.54, 1.807) is 48.6 Å². The Morgan fingerprint density at radius 1 is 1.00 bits per heavy atom. The zero-order valence-corrected chi connectivity index (χ0v) is 27.3. The number of imide groups is 2. The van der Waals surface area contributed by atoms with Crippen LogP contribution in [-0.4, -0.2) is 63.1 Å². The predicted molar refractivity (Wildman–Crippen MR) is 168 cm³/mol. The van der Waals surface area contributed by atoms with Gasteiger partial charge < -0.3 is 14.6 Å². The average Bonchev–Trinajstić information content (AvgIpc) is 3.35. The van der Waals surface area contributed by atoms with Gasteiger partial charge >= 0.3 is 0 Å². The standard InChI is InChI=1S/C31H26BrCl3N2O7/c1-43-22-11-15(12-23(44-2)25(22)38)3-10-21-18-8-9-19-24(27(40)37(26(19)39)17-6-4-16(33)5-7-17)20(18)13-30(34)28(41)36(14-32)29(42)31(21,30)35/h3-8,10-12,19-21,24,38H,9,13-14H2,1-2H3. The minimum absolute atomic E-state index is 0.113. The lowest BCUT2D eigenvalue weighted by atomic mass is 9.57. The minimum Gasteiger partial charge on any atom is -0.502 e.